The number of hydrogen-bond acceptors (Lipinski definition) is 6. The van der Waals surface area contributed by atoms with Crippen LogP contribution in [0.1, 0.15) is 16.1 Å². The third kappa shape index (κ3) is 2.10. The van der Waals surface area contributed by atoms with E-state index in [9.17, 15) is 9.18 Å². The molecule has 2 rings (SSSR count). The Morgan fingerprint density at radius 2 is 2.28 bits per heavy atom. The molecular formula is C10H6FN5O2. The lowest BCUT2D eigenvalue weighted by Crippen LogP contribution is -2.15. The monoisotopic (exact) mass is 247 g/mol. The van der Waals surface area contributed by atoms with Crippen LogP contribution in [-0.2, 0) is 0 Å². The molecule has 0 aliphatic heterocycles. The zero-order chi connectivity index (χ0) is 13.1. The molecule has 0 spiro atoms. The molecule has 90 valence electrons. The predicted molar refractivity (Wildman–Crippen MR) is 57.8 cm³/mol. The number of nitrogen functional groups attached to an aromatic ring is 1. The van der Waals surface area contributed by atoms with Gasteiger partial charge in [0.15, 0.2) is 0 Å². The lowest BCUT2D eigenvalue weighted by molar-refractivity contribution is 0.101. The third-order valence-corrected chi connectivity index (χ3v) is 2.08. The van der Waals surface area contributed by atoms with Gasteiger partial charge in [-0.25, -0.2) is 9.02 Å². The van der Waals surface area contributed by atoms with Gasteiger partial charge in [-0.2, -0.15) is 5.26 Å². The number of carbonyl (C=O) groups is 1. The van der Waals surface area contributed by atoms with Gasteiger partial charge in [-0.05, 0) is 28.5 Å². The van der Waals surface area contributed by atoms with Crippen LogP contribution in [0, 0.1) is 17.1 Å². The maximum atomic E-state index is 13.5. The first-order valence-electron chi connectivity index (χ1n) is 4.71. The average Bonchev–Trinajstić information content (AvgIpc) is 2.78. The van der Waals surface area contributed by atoms with Crippen LogP contribution in [0.4, 0.5) is 15.9 Å². The summed E-state index contributed by atoms with van der Waals surface area (Å²) in [5.41, 5.74) is 5.13. The molecule has 0 unspecified atom stereocenters. The van der Waals surface area contributed by atoms with Crippen LogP contribution < -0.4 is 11.1 Å². The lowest BCUT2D eigenvalue weighted by Gasteiger charge is -2.04. The third-order valence-electron chi connectivity index (χ3n) is 2.08. The second-order valence-corrected chi connectivity index (χ2v) is 3.26. The van der Waals surface area contributed by atoms with Crippen LogP contribution in [0.2, 0.25) is 0 Å². The van der Waals surface area contributed by atoms with Gasteiger partial charge in [0.25, 0.3) is 5.91 Å². The highest BCUT2D eigenvalue weighted by Gasteiger charge is 2.17. The summed E-state index contributed by atoms with van der Waals surface area (Å²) in [6.45, 7) is 0. The van der Waals surface area contributed by atoms with Gasteiger partial charge >= 0.3 is 0 Å². The molecule has 2 aromatic rings. The van der Waals surface area contributed by atoms with E-state index in [0.29, 0.717) is 0 Å². The molecular weight excluding hydrogens is 241 g/mol. The molecule has 0 radical (unpaired) electrons. The average molecular weight is 247 g/mol. The van der Waals surface area contributed by atoms with E-state index in [2.05, 4.69) is 20.3 Å². The summed E-state index contributed by atoms with van der Waals surface area (Å²) in [4.78, 5) is 11.6. The first-order valence-corrected chi connectivity index (χ1v) is 4.71. The molecule has 8 heteroatoms. The van der Waals surface area contributed by atoms with Crippen molar-refractivity contribution in [3.8, 4) is 6.07 Å². The number of nitrogens with zero attached hydrogens (tertiary/aromatic N) is 3. The molecule has 0 atom stereocenters. The fourth-order valence-corrected chi connectivity index (χ4v) is 1.22. The molecule has 3 N–H and O–H groups in total. The molecule has 0 fully saturated rings. The highest BCUT2D eigenvalue weighted by Crippen LogP contribution is 2.17. The normalized spacial score (nSPS) is 9.78. The quantitative estimate of drug-likeness (QED) is 0.814. The molecule has 0 saturated carbocycles. The summed E-state index contributed by atoms with van der Waals surface area (Å²) in [5, 5.41) is 17.3. The molecule has 1 aromatic heterocycles. The van der Waals surface area contributed by atoms with E-state index < -0.39 is 11.7 Å². The topological polar surface area (TPSA) is 118 Å². The van der Waals surface area contributed by atoms with Gasteiger partial charge in [0.2, 0.25) is 11.5 Å². The summed E-state index contributed by atoms with van der Waals surface area (Å²) in [7, 11) is 0. The van der Waals surface area contributed by atoms with Crippen molar-refractivity contribution < 1.29 is 13.8 Å². The number of benzene rings is 1. The molecule has 0 saturated heterocycles. The highest BCUT2D eigenvalue weighted by atomic mass is 19.1. The van der Waals surface area contributed by atoms with Crippen molar-refractivity contribution in [2.24, 2.45) is 0 Å². The van der Waals surface area contributed by atoms with Gasteiger partial charge in [0.05, 0.1) is 17.3 Å². The minimum absolute atomic E-state index is 0.0959. The number of carbonyl (C=O) groups excluding carboxylic acids is 1. The standard InChI is InChI=1S/C10H6FN5O2/c11-6-3-5(4-12)1-2-7(6)14-10(17)8-9(13)16-18-15-8/h1-3H,(H2,13,16)(H,14,17). The lowest BCUT2D eigenvalue weighted by atomic mass is 10.2. The number of rotatable bonds is 2. The van der Waals surface area contributed by atoms with E-state index in [1.165, 1.54) is 12.1 Å². The Morgan fingerprint density at radius 1 is 1.50 bits per heavy atom. The number of anilines is 2. The fourth-order valence-electron chi connectivity index (χ4n) is 1.22. The van der Waals surface area contributed by atoms with E-state index in [1.54, 1.807) is 6.07 Å². The molecule has 1 heterocycles. The van der Waals surface area contributed by atoms with Gasteiger partial charge in [-0.3, -0.25) is 4.79 Å². The maximum absolute atomic E-state index is 13.5. The van der Waals surface area contributed by atoms with Crippen molar-refractivity contribution in [1.82, 2.24) is 10.3 Å². The summed E-state index contributed by atoms with van der Waals surface area (Å²) < 4.78 is 17.7. The predicted octanol–water partition coefficient (Wildman–Crippen LogP) is 0.915. The van der Waals surface area contributed by atoms with Crippen molar-refractivity contribution in [2.75, 3.05) is 11.1 Å². The van der Waals surface area contributed by atoms with Crippen molar-refractivity contribution in [2.45, 2.75) is 0 Å². The molecule has 1 aromatic carbocycles. The van der Waals surface area contributed by atoms with Gasteiger partial charge < -0.3 is 11.1 Å². The molecule has 1 amide bonds. The minimum Gasteiger partial charge on any atom is -0.379 e. The van der Waals surface area contributed by atoms with Gasteiger partial charge in [0.1, 0.15) is 5.82 Å². The van der Waals surface area contributed by atoms with E-state index in [1.807, 2.05) is 0 Å². The number of halogens is 1. The molecule has 0 aliphatic rings. The molecule has 7 nitrogen and oxygen atoms in total. The van der Waals surface area contributed by atoms with Crippen LogP contribution in [0.3, 0.4) is 0 Å². The summed E-state index contributed by atoms with van der Waals surface area (Å²) in [6.07, 6.45) is 0. The number of nitriles is 1. The number of aromatic nitrogens is 2. The first kappa shape index (κ1) is 11.5. The summed E-state index contributed by atoms with van der Waals surface area (Å²) >= 11 is 0. The Morgan fingerprint density at radius 3 is 2.83 bits per heavy atom. The molecule has 0 aliphatic carbocycles. The van der Waals surface area contributed by atoms with E-state index in [-0.39, 0.29) is 22.8 Å². The van der Waals surface area contributed by atoms with Gasteiger partial charge in [0, 0.05) is 0 Å². The number of amides is 1. The number of nitrogens with two attached hydrogens (primary N) is 1. The van der Waals surface area contributed by atoms with Crippen molar-refractivity contribution >= 4 is 17.4 Å². The number of nitrogens with one attached hydrogen (secondary N) is 1. The van der Waals surface area contributed by atoms with Crippen LogP contribution in [0.5, 0.6) is 0 Å². The SMILES string of the molecule is N#Cc1ccc(NC(=O)c2nonc2N)c(F)c1. The van der Waals surface area contributed by atoms with Crippen molar-refractivity contribution in [1.29, 1.82) is 5.26 Å². The summed E-state index contributed by atoms with van der Waals surface area (Å²) in [5.74, 6) is -1.68. The van der Waals surface area contributed by atoms with Crippen LogP contribution in [-0.4, -0.2) is 16.2 Å². The second-order valence-electron chi connectivity index (χ2n) is 3.26. The van der Waals surface area contributed by atoms with E-state index >= 15 is 0 Å². The van der Waals surface area contributed by atoms with E-state index in [4.69, 9.17) is 11.0 Å². The van der Waals surface area contributed by atoms with Gasteiger partial charge in [-0.1, -0.05) is 0 Å². The van der Waals surface area contributed by atoms with E-state index in [0.717, 1.165) is 6.07 Å². The molecule has 0 bridgehead atoms. The summed E-state index contributed by atoms with van der Waals surface area (Å²) in [6, 6.07) is 5.40. The Bertz CT molecular complexity index is 646. The van der Waals surface area contributed by atoms with Crippen LogP contribution >= 0.6 is 0 Å². The first-order chi connectivity index (χ1) is 8.61. The fraction of sp³-hybridized carbons (Fsp3) is 0. The van der Waals surface area contributed by atoms with Crippen molar-refractivity contribution in [3.63, 3.8) is 0 Å². The minimum atomic E-state index is -0.752. The zero-order valence-electron chi connectivity index (χ0n) is 8.85. The Balaban J connectivity index is 2.23. The Hall–Kier alpha value is -2.95. The Kier molecular flexibility index (Phi) is 2.89. The largest absolute Gasteiger partial charge is 0.379 e. The highest BCUT2D eigenvalue weighted by molar-refractivity contribution is 6.05. The molecule has 18 heavy (non-hydrogen) atoms. The maximum Gasteiger partial charge on any atom is 0.281 e. The van der Waals surface area contributed by atoms with Crippen LogP contribution in [0.15, 0.2) is 22.8 Å². The second kappa shape index (κ2) is 4.50. The smallest absolute Gasteiger partial charge is 0.281 e. The van der Waals surface area contributed by atoms with Crippen LogP contribution in [0.25, 0.3) is 0 Å². The van der Waals surface area contributed by atoms with Gasteiger partial charge in [-0.15, -0.1) is 0 Å². The zero-order valence-corrected chi connectivity index (χ0v) is 8.85. The Labute approximate surface area is 100.0 Å². The van der Waals surface area contributed by atoms with Crippen molar-refractivity contribution in [3.05, 3.63) is 35.3 Å². The number of hydrogen-bond donors (Lipinski definition) is 2.